The summed E-state index contributed by atoms with van der Waals surface area (Å²) in [6, 6.07) is 3.02. The largest absolute Gasteiger partial charge is 0.433 e. The Kier molecular flexibility index (Phi) is 5.55. The van der Waals surface area contributed by atoms with Gasteiger partial charge in [0.2, 0.25) is 5.91 Å². The van der Waals surface area contributed by atoms with Crippen LogP contribution in [0.25, 0.3) is 0 Å². The van der Waals surface area contributed by atoms with Crippen molar-refractivity contribution in [1.29, 1.82) is 0 Å². The summed E-state index contributed by atoms with van der Waals surface area (Å²) < 4.78 is 28.2. The standard InChI is InChI=1S/C12H11ClF2N2O2/c1-2-3-9(16)11(18)17-7-4-5-10(8(13)6-7)19-12(14)15/h1,4-6,9,12H,3,16H2,(H,17,18). The second-order valence-corrected chi connectivity index (χ2v) is 3.93. The lowest BCUT2D eigenvalue weighted by Gasteiger charge is -2.11. The first-order chi connectivity index (χ1) is 8.93. The molecule has 0 aromatic heterocycles. The molecule has 19 heavy (non-hydrogen) atoms. The van der Waals surface area contributed by atoms with Gasteiger partial charge in [0.05, 0.1) is 11.1 Å². The number of alkyl halides is 2. The van der Waals surface area contributed by atoms with E-state index in [2.05, 4.69) is 16.0 Å². The highest BCUT2D eigenvalue weighted by Gasteiger charge is 2.14. The zero-order chi connectivity index (χ0) is 14.4. The van der Waals surface area contributed by atoms with Crippen LogP contribution < -0.4 is 15.8 Å². The lowest BCUT2D eigenvalue weighted by Crippen LogP contribution is -2.35. The maximum atomic E-state index is 12.0. The van der Waals surface area contributed by atoms with E-state index in [1.165, 1.54) is 18.2 Å². The minimum Gasteiger partial charge on any atom is -0.433 e. The second-order valence-electron chi connectivity index (χ2n) is 3.53. The van der Waals surface area contributed by atoms with Crippen LogP contribution in [0.5, 0.6) is 5.75 Å². The summed E-state index contributed by atoms with van der Waals surface area (Å²) in [5.74, 6) is 1.59. The minimum atomic E-state index is -2.97. The van der Waals surface area contributed by atoms with Gasteiger partial charge in [-0.15, -0.1) is 12.3 Å². The molecule has 1 aromatic rings. The Hall–Kier alpha value is -1.84. The predicted octanol–water partition coefficient (Wildman–Crippen LogP) is 2.23. The molecule has 0 aliphatic carbocycles. The minimum absolute atomic E-state index is 0.0522. The SMILES string of the molecule is C#CCC(N)C(=O)Nc1ccc(OC(F)F)c(Cl)c1. The Labute approximate surface area is 113 Å². The topological polar surface area (TPSA) is 64.4 Å². The molecule has 0 saturated carbocycles. The number of terminal acetylenes is 1. The zero-order valence-corrected chi connectivity index (χ0v) is 10.5. The first-order valence-electron chi connectivity index (χ1n) is 5.18. The molecule has 3 N–H and O–H groups in total. The monoisotopic (exact) mass is 288 g/mol. The molecule has 1 unspecified atom stereocenters. The fourth-order valence-electron chi connectivity index (χ4n) is 1.22. The first kappa shape index (κ1) is 15.2. The maximum absolute atomic E-state index is 12.0. The Balaban J connectivity index is 2.74. The number of carbonyl (C=O) groups excluding carboxylic acids is 1. The molecule has 0 bridgehead atoms. The van der Waals surface area contributed by atoms with Gasteiger partial charge in [0.15, 0.2) is 0 Å². The Morgan fingerprint density at radius 3 is 2.79 bits per heavy atom. The molecule has 102 valence electrons. The molecule has 7 heteroatoms. The molecule has 1 rings (SSSR count). The second kappa shape index (κ2) is 6.92. The van der Waals surface area contributed by atoms with Crippen molar-refractivity contribution in [1.82, 2.24) is 0 Å². The number of hydrogen-bond donors (Lipinski definition) is 2. The van der Waals surface area contributed by atoms with Crippen molar-refractivity contribution < 1.29 is 18.3 Å². The molecule has 0 aliphatic rings. The van der Waals surface area contributed by atoms with Crippen LogP contribution in [-0.2, 0) is 4.79 Å². The van der Waals surface area contributed by atoms with Crippen LogP contribution in [-0.4, -0.2) is 18.6 Å². The average Bonchev–Trinajstić information content (AvgIpc) is 2.32. The molecule has 4 nitrogen and oxygen atoms in total. The lowest BCUT2D eigenvalue weighted by molar-refractivity contribution is -0.117. The molecular formula is C12H11ClF2N2O2. The van der Waals surface area contributed by atoms with Crippen molar-refractivity contribution in [3.05, 3.63) is 23.2 Å². The van der Waals surface area contributed by atoms with E-state index in [4.69, 9.17) is 23.8 Å². The number of carbonyl (C=O) groups is 1. The molecule has 0 heterocycles. The summed E-state index contributed by atoms with van der Waals surface area (Å²) in [6.45, 7) is -2.97. The Morgan fingerprint density at radius 2 is 2.26 bits per heavy atom. The van der Waals surface area contributed by atoms with E-state index in [1.54, 1.807) is 0 Å². The third kappa shape index (κ3) is 4.73. The zero-order valence-electron chi connectivity index (χ0n) is 9.70. The van der Waals surface area contributed by atoms with Crippen molar-refractivity contribution in [2.24, 2.45) is 5.73 Å². The average molecular weight is 289 g/mol. The van der Waals surface area contributed by atoms with Gasteiger partial charge >= 0.3 is 6.61 Å². The van der Waals surface area contributed by atoms with E-state index in [0.717, 1.165) is 0 Å². The van der Waals surface area contributed by atoms with Crippen molar-refractivity contribution in [2.45, 2.75) is 19.1 Å². The number of nitrogens with two attached hydrogens (primary N) is 1. The van der Waals surface area contributed by atoms with Gasteiger partial charge in [-0.2, -0.15) is 8.78 Å². The van der Waals surface area contributed by atoms with Crippen molar-refractivity contribution in [2.75, 3.05) is 5.32 Å². The summed E-state index contributed by atoms with van der Waals surface area (Å²) in [5.41, 5.74) is 5.81. The molecule has 1 amide bonds. The molecule has 0 spiro atoms. The molecule has 0 fully saturated rings. The van der Waals surface area contributed by atoms with Crippen LogP contribution in [0.3, 0.4) is 0 Å². The third-order valence-electron chi connectivity index (χ3n) is 2.09. The summed E-state index contributed by atoms with van der Waals surface area (Å²) in [6.07, 6.45) is 5.12. The fourth-order valence-corrected chi connectivity index (χ4v) is 1.45. The van der Waals surface area contributed by atoms with Gasteiger partial charge < -0.3 is 15.8 Å². The van der Waals surface area contributed by atoms with Crippen LogP contribution >= 0.6 is 11.6 Å². The predicted molar refractivity (Wildman–Crippen MR) is 68.1 cm³/mol. The van der Waals surface area contributed by atoms with E-state index >= 15 is 0 Å². The highest BCUT2D eigenvalue weighted by Crippen LogP contribution is 2.28. The maximum Gasteiger partial charge on any atom is 0.387 e. The number of ether oxygens (including phenoxy) is 1. The Bertz CT molecular complexity index is 503. The number of rotatable bonds is 5. The summed E-state index contributed by atoms with van der Waals surface area (Å²) >= 11 is 5.72. The van der Waals surface area contributed by atoms with Gasteiger partial charge in [0.1, 0.15) is 5.75 Å². The van der Waals surface area contributed by atoms with Crippen LogP contribution in [0.4, 0.5) is 14.5 Å². The summed E-state index contributed by atoms with van der Waals surface area (Å²) in [7, 11) is 0. The molecule has 1 atom stereocenters. The molecule has 0 radical (unpaired) electrons. The van der Waals surface area contributed by atoms with Gasteiger partial charge in [0, 0.05) is 12.1 Å². The van der Waals surface area contributed by atoms with E-state index in [1.807, 2.05) is 0 Å². The number of anilines is 1. The van der Waals surface area contributed by atoms with Crippen molar-refractivity contribution in [3.8, 4) is 18.1 Å². The van der Waals surface area contributed by atoms with Gasteiger partial charge in [-0.3, -0.25) is 4.79 Å². The smallest absolute Gasteiger partial charge is 0.387 e. The lowest BCUT2D eigenvalue weighted by atomic mass is 10.2. The number of amides is 1. The number of hydrogen-bond acceptors (Lipinski definition) is 3. The van der Waals surface area contributed by atoms with Crippen molar-refractivity contribution >= 4 is 23.2 Å². The highest BCUT2D eigenvalue weighted by atomic mass is 35.5. The normalized spacial score (nSPS) is 11.8. The van der Waals surface area contributed by atoms with Gasteiger partial charge in [-0.25, -0.2) is 0 Å². The van der Waals surface area contributed by atoms with E-state index in [0.29, 0.717) is 5.69 Å². The highest BCUT2D eigenvalue weighted by molar-refractivity contribution is 6.32. The van der Waals surface area contributed by atoms with Gasteiger partial charge in [-0.05, 0) is 18.2 Å². The fraction of sp³-hybridized carbons (Fsp3) is 0.250. The van der Waals surface area contributed by atoms with Crippen LogP contribution in [0.1, 0.15) is 6.42 Å². The first-order valence-corrected chi connectivity index (χ1v) is 5.56. The third-order valence-corrected chi connectivity index (χ3v) is 2.39. The molecule has 1 aromatic carbocycles. The van der Waals surface area contributed by atoms with Crippen LogP contribution in [0, 0.1) is 12.3 Å². The molecular weight excluding hydrogens is 278 g/mol. The van der Waals surface area contributed by atoms with Gasteiger partial charge in [-0.1, -0.05) is 11.6 Å². The van der Waals surface area contributed by atoms with E-state index < -0.39 is 18.6 Å². The number of benzene rings is 1. The van der Waals surface area contributed by atoms with Crippen LogP contribution in [0.2, 0.25) is 5.02 Å². The van der Waals surface area contributed by atoms with Crippen molar-refractivity contribution in [3.63, 3.8) is 0 Å². The summed E-state index contributed by atoms with van der Waals surface area (Å²) in [4.78, 5) is 11.6. The molecule has 0 saturated heterocycles. The quantitative estimate of drug-likeness (QED) is 0.817. The number of halogens is 3. The number of nitrogens with one attached hydrogen (secondary N) is 1. The van der Waals surface area contributed by atoms with E-state index in [9.17, 15) is 13.6 Å². The molecule has 0 aliphatic heterocycles. The van der Waals surface area contributed by atoms with E-state index in [-0.39, 0.29) is 17.2 Å². The van der Waals surface area contributed by atoms with Gasteiger partial charge in [0.25, 0.3) is 0 Å². The van der Waals surface area contributed by atoms with Crippen LogP contribution in [0.15, 0.2) is 18.2 Å². The summed E-state index contributed by atoms with van der Waals surface area (Å²) in [5, 5.41) is 2.41. The Morgan fingerprint density at radius 1 is 1.58 bits per heavy atom.